The van der Waals surface area contributed by atoms with E-state index in [-0.39, 0.29) is 12.1 Å². The molecule has 7 nitrogen and oxygen atoms in total. The van der Waals surface area contributed by atoms with E-state index in [2.05, 4.69) is 10.6 Å². The number of carbonyl (C=O) groups excluding carboxylic acids is 1. The van der Waals surface area contributed by atoms with Gasteiger partial charge in [0.15, 0.2) is 0 Å². The van der Waals surface area contributed by atoms with Crippen LogP contribution in [0.25, 0.3) is 0 Å². The van der Waals surface area contributed by atoms with Crippen LogP contribution < -0.4 is 15.4 Å². The third-order valence-electron chi connectivity index (χ3n) is 4.46. The molecule has 8 heteroatoms. The Morgan fingerprint density at radius 3 is 2.80 bits per heavy atom. The van der Waals surface area contributed by atoms with Gasteiger partial charge in [0, 0.05) is 30.9 Å². The van der Waals surface area contributed by atoms with Crippen molar-refractivity contribution in [3.8, 4) is 5.75 Å². The summed E-state index contributed by atoms with van der Waals surface area (Å²) in [6.07, 6.45) is 4.61. The second-order valence-electron chi connectivity index (χ2n) is 6.37. The van der Waals surface area contributed by atoms with Gasteiger partial charge in [0.25, 0.3) is 0 Å². The number of urea groups is 1. The van der Waals surface area contributed by atoms with Gasteiger partial charge in [-0.05, 0) is 37.8 Å². The number of sulfonamides is 1. The number of amides is 2. The molecule has 2 rings (SSSR count). The lowest BCUT2D eigenvalue weighted by Gasteiger charge is -2.33. The van der Waals surface area contributed by atoms with E-state index in [9.17, 15) is 13.2 Å². The maximum Gasteiger partial charge on any atom is 0.319 e. The summed E-state index contributed by atoms with van der Waals surface area (Å²) in [5, 5.41) is 5.60. The van der Waals surface area contributed by atoms with Crippen LogP contribution in [0.1, 0.15) is 31.2 Å². The molecule has 1 aliphatic rings. The molecule has 0 aromatic heterocycles. The quantitative estimate of drug-likeness (QED) is 0.806. The van der Waals surface area contributed by atoms with Crippen LogP contribution in [-0.2, 0) is 10.0 Å². The van der Waals surface area contributed by atoms with Gasteiger partial charge < -0.3 is 15.4 Å². The summed E-state index contributed by atoms with van der Waals surface area (Å²) in [5.74, 6) is 0.673. The maximum absolute atomic E-state index is 12.1. The standard InChI is InChI=1S/C17H27N3O4S/c1-13-7-8-15(24-2)12-16(13)19-17(21)18-10-9-14-6-4-5-11-20(14)25(3,22)23/h7-8,12,14H,4-6,9-11H2,1-3H3,(H2,18,19,21)/t14-/m1/s1. The largest absolute Gasteiger partial charge is 0.497 e. The van der Waals surface area contributed by atoms with Crippen molar-refractivity contribution in [2.24, 2.45) is 0 Å². The molecule has 2 amide bonds. The van der Waals surface area contributed by atoms with Gasteiger partial charge in [0.05, 0.1) is 13.4 Å². The Balaban J connectivity index is 1.86. The SMILES string of the molecule is COc1ccc(C)c(NC(=O)NCC[C@H]2CCCCN2S(C)(=O)=O)c1. The molecule has 1 heterocycles. The second kappa shape index (κ2) is 8.53. The molecule has 0 bridgehead atoms. The summed E-state index contributed by atoms with van der Waals surface area (Å²) < 4.78 is 30.4. The molecule has 0 aliphatic carbocycles. The van der Waals surface area contributed by atoms with Crippen LogP contribution in [0, 0.1) is 6.92 Å². The number of rotatable bonds is 6. The van der Waals surface area contributed by atoms with Crippen LogP contribution in [0.3, 0.4) is 0 Å². The summed E-state index contributed by atoms with van der Waals surface area (Å²) in [6.45, 7) is 2.89. The highest BCUT2D eigenvalue weighted by molar-refractivity contribution is 7.88. The number of carbonyl (C=O) groups is 1. The number of hydrogen-bond acceptors (Lipinski definition) is 4. The number of ether oxygens (including phenoxy) is 1. The number of nitrogens with one attached hydrogen (secondary N) is 2. The first-order chi connectivity index (χ1) is 11.8. The Bertz CT molecular complexity index is 706. The van der Waals surface area contributed by atoms with Crippen LogP contribution in [-0.4, -0.2) is 51.3 Å². The van der Waals surface area contributed by atoms with Crippen LogP contribution >= 0.6 is 0 Å². The van der Waals surface area contributed by atoms with Gasteiger partial charge in [0.2, 0.25) is 10.0 Å². The molecule has 1 saturated heterocycles. The molecule has 0 saturated carbocycles. The smallest absolute Gasteiger partial charge is 0.319 e. The molecule has 0 spiro atoms. The van der Waals surface area contributed by atoms with Crippen molar-refractivity contribution >= 4 is 21.7 Å². The van der Waals surface area contributed by atoms with Crippen LogP contribution in [0.5, 0.6) is 5.75 Å². The number of anilines is 1. The Morgan fingerprint density at radius 1 is 1.36 bits per heavy atom. The molecule has 0 radical (unpaired) electrons. The highest BCUT2D eigenvalue weighted by Gasteiger charge is 2.28. The zero-order valence-corrected chi connectivity index (χ0v) is 15.9. The van der Waals surface area contributed by atoms with E-state index in [0.717, 1.165) is 24.8 Å². The number of nitrogens with zero attached hydrogens (tertiary/aromatic N) is 1. The highest BCUT2D eigenvalue weighted by Crippen LogP contribution is 2.23. The fourth-order valence-corrected chi connectivity index (χ4v) is 4.29. The topological polar surface area (TPSA) is 87.7 Å². The molecule has 0 unspecified atom stereocenters. The van der Waals surface area contributed by atoms with E-state index in [0.29, 0.717) is 30.9 Å². The maximum atomic E-state index is 12.1. The van der Waals surface area contributed by atoms with Gasteiger partial charge in [-0.25, -0.2) is 13.2 Å². The summed E-state index contributed by atoms with van der Waals surface area (Å²) in [5.41, 5.74) is 1.62. The number of benzene rings is 1. The van der Waals surface area contributed by atoms with E-state index in [1.54, 1.807) is 17.5 Å². The van der Waals surface area contributed by atoms with Crippen LogP contribution in [0.4, 0.5) is 10.5 Å². The zero-order chi connectivity index (χ0) is 18.4. The minimum absolute atomic E-state index is 0.0393. The first kappa shape index (κ1) is 19.5. The van der Waals surface area contributed by atoms with E-state index >= 15 is 0 Å². The molecule has 25 heavy (non-hydrogen) atoms. The molecule has 1 aromatic rings. The summed E-state index contributed by atoms with van der Waals surface area (Å²) in [4.78, 5) is 12.1. The van der Waals surface area contributed by atoms with Crippen molar-refractivity contribution in [1.29, 1.82) is 0 Å². The molecule has 2 N–H and O–H groups in total. The molecular formula is C17H27N3O4S. The van der Waals surface area contributed by atoms with E-state index in [4.69, 9.17) is 4.74 Å². The predicted octanol–water partition coefficient (Wildman–Crippen LogP) is 2.33. The van der Waals surface area contributed by atoms with E-state index < -0.39 is 10.0 Å². The van der Waals surface area contributed by atoms with Gasteiger partial charge in [0.1, 0.15) is 5.75 Å². The van der Waals surface area contributed by atoms with Crippen molar-refractivity contribution in [3.05, 3.63) is 23.8 Å². The van der Waals surface area contributed by atoms with Crippen molar-refractivity contribution in [2.75, 3.05) is 31.8 Å². The lowest BCUT2D eigenvalue weighted by molar-refractivity contribution is 0.235. The molecular weight excluding hydrogens is 342 g/mol. The van der Waals surface area contributed by atoms with Crippen LogP contribution in [0.15, 0.2) is 18.2 Å². The lowest BCUT2D eigenvalue weighted by Crippen LogP contribution is -2.44. The summed E-state index contributed by atoms with van der Waals surface area (Å²) in [7, 11) is -1.62. The van der Waals surface area contributed by atoms with Gasteiger partial charge in [-0.15, -0.1) is 0 Å². The Kier molecular flexibility index (Phi) is 6.66. The fourth-order valence-electron chi connectivity index (χ4n) is 3.08. The normalized spacial score (nSPS) is 18.6. The Morgan fingerprint density at radius 2 is 2.12 bits per heavy atom. The predicted molar refractivity (Wildman–Crippen MR) is 98.6 cm³/mol. The van der Waals surface area contributed by atoms with Crippen LogP contribution in [0.2, 0.25) is 0 Å². The highest BCUT2D eigenvalue weighted by atomic mass is 32.2. The monoisotopic (exact) mass is 369 g/mol. The molecule has 1 aliphatic heterocycles. The number of aryl methyl sites for hydroxylation is 1. The first-order valence-electron chi connectivity index (χ1n) is 8.47. The molecule has 1 fully saturated rings. The van der Waals surface area contributed by atoms with Crippen molar-refractivity contribution < 1.29 is 17.9 Å². The zero-order valence-electron chi connectivity index (χ0n) is 15.0. The Hall–Kier alpha value is -1.80. The summed E-state index contributed by atoms with van der Waals surface area (Å²) >= 11 is 0. The van der Waals surface area contributed by atoms with Crippen molar-refractivity contribution in [1.82, 2.24) is 9.62 Å². The number of hydrogen-bond donors (Lipinski definition) is 2. The second-order valence-corrected chi connectivity index (χ2v) is 8.31. The number of piperidine rings is 1. The third kappa shape index (κ3) is 5.61. The Labute approximate surface area is 149 Å². The van der Waals surface area contributed by atoms with Gasteiger partial charge >= 0.3 is 6.03 Å². The fraction of sp³-hybridized carbons (Fsp3) is 0.588. The minimum atomic E-state index is -3.20. The van der Waals surface area contributed by atoms with E-state index in [1.807, 2.05) is 19.1 Å². The number of methoxy groups -OCH3 is 1. The first-order valence-corrected chi connectivity index (χ1v) is 10.3. The van der Waals surface area contributed by atoms with Gasteiger partial charge in [-0.2, -0.15) is 4.31 Å². The van der Waals surface area contributed by atoms with Gasteiger partial charge in [-0.3, -0.25) is 0 Å². The molecule has 1 atom stereocenters. The molecule has 140 valence electrons. The van der Waals surface area contributed by atoms with Crippen molar-refractivity contribution in [2.45, 2.75) is 38.6 Å². The average molecular weight is 369 g/mol. The molecule has 1 aromatic carbocycles. The lowest BCUT2D eigenvalue weighted by atomic mass is 10.0. The average Bonchev–Trinajstić information content (AvgIpc) is 2.56. The third-order valence-corrected chi connectivity index (χ3v) is 5.79. The summed E-state index contributed by atoms with van der Waals surface area (Å²) in [6, 6.07) is 5.13. The minimum Gasteiger partial charge on any atom is -0.497 e. The van der Waals surface area contributed by atoms with E-state index in [1.165, 1.54) is 6.26 Å². The van der Waals surface area contributed by atoms with Gasteiger partial charge in [-0.1, -0.05) is 12.5 Å². The van der Waals surface area contributed by atoms with Crippen molar-refractivity contribution in [3.63, 3.8) is 0 Å².